The van der Waals surface area contributed by atoms with E-state index >= 15 is 0 Å². The van der Waals surface area contributed by atoms with Crippen molar-refractivity contribution < 1.29 is 19.2 Å². The van der Waals surface area contributed by atoms with Crippen LogP contribution in [-0.4, -0.2) is 22.0 Å². The molecule has 0 aliphatic heterocycles. The molecule has 0 amide bonds. The van der Waals surface area contributed by atoms with Gasteiger partial charge in [-0.3, -0.25) is 14.9 Å². The van der Waals surface area contributed by atoms with Crippen molar-refractivity contribution in [1.29, 1.82) is 0 Å². The minimum Gasteiger partial charge on any atom is -0.481 e. The van der Waals surface area contributed by atoms with Crippen LogP contribution >= 0.6 is 0 Å². The molecular formula is C12H13FN2O4. The predicted octanol–water partition coefficient (Wildman–Crippen LogP) is 2.40. The molecule has 1 fully saturated rings. The maximum atomic E-state index is 13.1. The molecule has 6 nitrogen and oxygen atoms in total. The Morgan fingerprint density at radius 1 is 1.47 bits per heavy atom. The summed E-state index contributed by atoms with van der Waals surface area (Å²) in [4.78, 5) is 21.1. The van der Waals surface area contributed by atoms with E-state index in [1.807, 2.05) is 0 Å². The quantitative estimate of drug-likeness (QED) is 0.646. The van der Waals surface area contributed by atoms with Crippen molar-refractivity contribution in [2.45, 2.75) is 25.3 Å². The molecule has 19 heavy (non-hydrogen) atoms. The molecule has 2 rings (SSSR count). The highest BCUT2D eigenvalue weighted by molar-refractivity contribution is 5.71. The van der Waals surface area contributed by atoms with Crippen LogP contribution in [0.2, 0.25) is 0 Å². The lowest BCUT2D eigenvalue weighted by molar-refractivity contribution is -0.384. The van der Waals surface area contributed by atoms with Crippen LogP contribution in [0.3, 0.4) is 0 Å². The second kappa shape index (κ2) is 5.21. The molecule has 0 radical (unpaired) electrons. The van der Waals surface area contributed by atoms with Gasteiger partial charge in [0.1, 0.15) is 11.5 Å². The number of nitrogens with one attached hydrogen (secondary N) is 1. The summed E-state index contributed by atoms with van der Waals surface area (Å²) in [6.45, 7) is 0. The van der Waals surface area contributed by atoms with Crippen molar-refractivity contribution >= 4 is 17.3 Å². The fraction of sp³-hybridized carbons (Fsp3) is 0.417. The van der Waals surface area contributed by atoms with Crippen LogP contribution in [0.4, 0.5) is 15.8 Å². The van der Waals surface area contributed by atoms with Gasteiger partial charge in [-0.1, -0.05) is 0 Å². The van der Waals surface area contributed by atoms with Gasteiger partial charge in [-0.05, 0) is 25.3 Å². The second-order valence-corrected chi connectivity index (χ2v) is 4.61. The molecule has 102 valence electrons. The van der Waals surface area contributed by atoms with Crippen molar-refractivity contribution in [3.05, 3.63) is 34.1 Å². The molecule has 2 N–H and O–H groups in total. The number of nitrogens with zero attached hydrogens (tertiary/aromatic N) is 1. The zero-order valence-electron chi connectivity index (χ0n) is 10.0. The van der Waals surface area contributed by atoms with E-state index in [1.165, 1.54) is 0 Å². The predicted molar refractivity (Wildman–Crippen MR) is 65.4 cm³/mol. The molecular weight excluding hydrogens is 255 g/mol. The lowest BCUT2D eigenvalue weighted by atomic mass is 10.1. The fourth-order valence-electron chi connectivity index (χ4n) is 2.34. The number of nitro benzene ring substituents is 1. The summed E-state index contributed by atoms with van der Waals surface area (Å²) in [5.41, 5.74) is -0.110. The van der Waals surface area contributed by atoms with Crippen molar-refractivity contribution in [3.8, 4) is 0 Å². The molecule has 1 aliphatic rings. The first-order valence-corrected chi connectivity index (χ1v) is 5.90. The number of halogens is 1. The molecule has 0 spiro atoms. The summed E-state index contributed by atoms with van der Waals surface area (Å²) in [6.07, 6.45) is 1.52. The Balaban J connectivity index is 2.13. The van der Waals surface area contributed by atoms with E-state index in [-0.39, 0.29) is 17.4 Å². The first kappa shape index (κ1) is 13.3. The Morgan fingerprint density at radius 2 is 2.21 bits per heavy atom. The van der Waals surface area contributed by atoms with Gasteiger partial charge in [-0.15, -0.1) is 0 Å². The molecule has 0 heterocycles. The lowest BCUT2D eigenvalue weighted by Gasteiger charge is -2.14. The molecule has 1 aliphatic carbocycles. The molecule has 1 aromatic rings. The molecule has 0 bridgehead atoms. The summed E-state index contributed by atoms with van der Waals surface area (Å²) in [7, 11) is 0. The fourth-order valence-corrected chi connectivity index (χ4v) is 2.34. The Labute approximate surface area is 108 Å². The largest absolute Gasteiger partial charge is 0.481 e. The van der Waals surface area contributed by atoms with Gasteiger partial charge in [-0.2, -0.15) is 0 Å². The van der Waals surface area contributed by atoms with Crippen molar-refractivity contribution in [3.63, 3.8) is 0 Å². The first-order chi connectivity index (χ1) is 8.97. The molecule has 2 unspecified atom stereocenters. The van der Waals surface area contributed by atoms with Gasteiger partial charge < -0.3 is 10.4 Å². The van der Waals surface area contributed by atoms with E-state index in [0.717, 1.165) is 18.2 Å². The number of aliphatic carboxylic acids is 1. The second-order valence-electron chi connectivity index (χ2n) is 4.61. The van der Waals surface area contributed by atoms with Crippen molar-refractivity contribution in [2.75, 3.05) is 5.32 Å². The number of carboxylic acids is 1. The van der Waals surface area contributed by atoms with E-state index in [1.54, 1.807) is 0 Å². The van der Waals surface area contributed by atoms with Gasteiger partial charge in [0.15, 0.2) is 0 Å². The summed E-state index contributed by atoms with van der Waals surface area (Å²) < 4.78 is 13.1. The first-order valence-electron chi connectivity index (χ1n) is 5.90. The maximum absolute atomic E-state index is 13.1. The molecule has 1 aromatic carbocycles. The van der Waals surface area contributed by atoms with Gasteiger partial charge in [0, 0.05) is 18.2 Å². The highest BCUT2D eigenvalue weighted by Gasteiger charge is 2.30. The maximum Gasteiger partial charge on any atom is 0.306 e. The van der Waals surface area contributed by atoms with E-state index in [2.05, 4.69) is 5.32 Å². The third-order valence-electron chi connectivity index (χ3n) is 3.30. The third-order valence-corrected chi connectivity index (χ3v) is 3.30. The van der Waals surface area contributed by atoms with E-state index in [4.69, 9.17) is 5.11 Å². The van der Waals surface area contributed by atoms with Crippen LogP contribution in [0.15, 0.2) is 18.2 Å². The number of anilines is 1. The highest BCUT2D eigenvalue weighted by Crippen LogP contribution is 2.32. The van der Waals surface area contributed by atoms with Crippen LogP contribution in [-0.2, 0) is 4.79 Å². The number of carboxylic acid groups (broad SMARTS) is 1. The van der Waals surface area contributed by atoms with Crippen LogP contribution in [0, 0.1) is 21.8 Å². The topological polar surface area (TPSA) is 92.5 Å². The molecule has 2 atom stereocenters. The zero-order chi connectivity index (χ0) is 14.0. The minimum absolute atomic E-state index is 0.0982. The molecule has 7 heteroatoms. The summed E-state index contributed by atoms with van der Waals surface area (Å²) in [5, 5.41) is 22.6. The number of hydrogen-bond donors (Lipinski definition) is 2. The minimum atomic E-state index is -0.863. The summed E-state index contributed by atoms with van der Waals surface area (Å²) >= 11 is 0. The van der Waals surface area contributed by atoms with Gasteiger partial charge in [0.2, 0.25) is 0 Å². The number of benzene rings is 1. The Bertz CT molecular complexity index is 520. The normalized spacial score (nSPS) is 22.2. The van der Waals surface area contributed by atoms with E-state index in [9.17, 15) is 19.3 Å². The van der Waals surface area contributed by atoms with Crippen LogP contribution in [0.5, 0.6) is 0 Å². The summed E-state index contributed by atoms with van der Waals surface area (Å²) in [5.74, 6) is -1.87. The average molecular weight is 268 g/mol. The lowest BCUT2D eigenvalue weighted by Crippen LogP contribution is -2.18. The third kappa shape index (κ3) is 2.98. The Morgan fingerprint density at radius 3 is 2.79 bits per heavy atom. The average Bonchev–Trinajstić information content (AvgIpc) is 2.77. The van der Waals surface area contributed by atoms with Crippen LogP contribution in [0.25, 0.3) is 0 Å². The number of hydrogen-bond acceptors (Lipinski definition) is 4. The summed E-state index contributed by atoms with van der Waals surface area (Å²) in [6, 6.07) is 3.01. The van der Waals surface area contributed by atoms with Crippen LogP contribution in [0.1, 0.15) is 19.3 Å². The highest BCUT2D eigenvalue weighted by atomic mass is 19.1. The zero-order valence-corrected chi connectivity index (χ0v) is 10.0. The number of carbonyl (C=O) groups is 1. The van der Waals surface area contributed by atoms with Gasteiger partial charge in [0.25, 0.3) is 5.69 Å². The molecule has 1 saturated carbocycles. The molecule has 0 aromatic heterocycles. The van der Waals surface area contributed by atoms with Gasteiger partial charge in [-0.25, -0.2) is 4.39 Å². The van der Waals surface area contributed by atoms with Crippen LogP contribution < -0.4 is 5.32 Å². The SMILES string of the molecule is O=C(O)C1CCC(Nc2cc(F)ccc2[N+](=O)[O-])C1. The monoisotopic (exact) mass is 268 g/mol. The smallest absolute Gasteiger partial charge is 0.306 e. The molecule has 0 saturated heterocycles. The van der Waals surface area contributed by atoms with E-state index in [0.29, 0.717) is 19.3 Å². The standard InChI is InChI=1S/C12H13FN2O4/c13-8-2-4-11(15(18)19)10(6-8)14-9-3-1-7(5-9)12(16)17/h2,4,6-7,9,14H,1,3,5H2,(H,16,17). The Hall–Kier alpha value is -2.18. The van der Waals surface area contributed by atoms with Crippen molar-refractivity contribution in [1.82, 2.24) is 0 Å². The van der Waals surface area contributed by atoms with Gasteiger partial charge >= 0.3 is 5.97 Å². The number of rotatable bonds is 4. The van der Waals surface area contributed by atoms with E-state index < -0.39 is 22.6 Å². The van der Waals surface area contributed by atoms with Gasteiger partial charge in [0.05, 0.1) is 10.8 Å². The Kier molecular flexibility index (Phi) is 3.64. The van der Waals surface area contributed by atoms with Crippen molar-refractivity contribution in [2.24, 2.45) is 5.92 Å². The number of nitro groups is 1.